The lowest BCUT2D eigenvalue weighted by Gasteiger charge is -2.26. The summed E-state index contributed by atoms with van der Waals surface area (Å²) in [6.07, 6.45) is 0. The number of halogens is 1. The van der Waals surface area contributed by atoms with Crippen molar-refractivity contribution in [3.05, 3.63) is 33.3 Å². The monoisotopic (exact) mass is 286 g/mol. The van der Waals surface area contributed by atoms with E-state index in [9.17, 15) is 10.1 Å². The van der Waals surface area contributed by atoms with E-state index in [-0.39, 0.29) is 10.7 Å². The maximum absolute atomic E-state index is 10.6. The average Bonchev–Trinajstić information content (AvgIpc) is 2.41. The number of morpholine rings is 1. The van der Waals surface area contributed by atoms with Gasteiger partial charge in [-0.1, -0.05) is 11.6 Å². The zero-order valence-corrected chi connectivity index (χ0v) is 11.1. The molecular weight excluding hydrogens is 272 g/mol. The van der Waals surface area contributed by atoms with E-state index in [0.29, 0.717) is 12.4 Å². The Morgan fingerprint density at radius 3 is 2.79 bits per heavy atom. The van der Waals surface area contributed by atoms with E-state index in [4.69, 9.17) is 21.1 Å². The second-order valence-corrected chi connectivity index (χ2v) is 4.58. The quantitative estimate of drug-likeness (QED) is 0.611. The topological polar surface area (TPSA) is 64.8 Å². The third kappa shape index (κ3) is 4.05. The van der Waals surface area contributed by atoms with Gasteiger partial charge in [0.05, 0.1) is 23.2 Å². The molecule has 0 aromatic heterocycles. The molecule has 1 aromatic carbocycles. The number of nitro groups is 1. The predicted octanol–water partition coefficient (Wildman–Crippen LogP) is 1.96. The fourth-order valence-corrected chi connectivity index (χ4v) is 2.06. The van der Waals surface area contributed by atoms with Crippen molar-refractivity contribution in [2.24, 2.45) is 0 Å². The highest BCUT2D eigenvalue weighted by atomic mass is 35.5. The van der Waals surface area contributed by atoms with Crippen molar-refractivity contribution in [3.8, 4) is 5.75 Å². The van der Waals surface area contributed by atoms with Crippen molar-refractivity contribution in [2.45, 2.75) is 0 Å². The van der Waals surface area contributed by atoms with Crippen molar-refractivity contribution >= 4 is 17.3 Å². The Hall–Kier alpha value is -1.37. The minimum Gasteiger partial charge on any atom is -0.491 e. The van der Waals surface area contributed by atoms with Gasteiger partial charge >= 0.3 is 0 Å². The Labute approximate surface area is 116 Å². The van der Waals surface area contributed by atoms with E-state index in [1.165, 1.54) is 18.2 Å². The number of hydrogen-bond donors (Lipinski definition) is 0. The second kappa shape index (κ2) is 6.70. The van der Waals surface area contributed by atoms with Crippen LogP contribution in [-0.2, 0) is 4.74 Å². The molecule has 0 N–H and O–H groups in total. The van der Waals surface area contributed by atoms with E-state index in [2.05, 4.69) is 4.90 Å². The van der Waals surface area contributed by atoms with Gasteiger partial charge in [-0.15, -0.1) is 0 Å². The molecule has 1 heterocycles. The number of rotatable bonds is 5. The summed E-state index contributed by atoms with van der Waals surface area (Å²) in [6, 6.07) is 4.21. The average molecular weight is 287 g/mol. The molecule has 1 aliphatic heterocycles. The minimum absolute atomic E-state index is 0.0365. The van der Waals surface area contributed by atoms with Gasteiger partial charge in [0.2, 0.25) is 0 Å². The first-order valence-corrected chi connectivity index (χ1v) is 6.41. The van der Waals surface area contributed by atoms with Gasteiger partial charge in [0.15, 0.2) is 0 Å². The maximum Gasteiger partial charge on any atom is 0.271 e. The van der Waals surface area contributed by atoms with Crippen molar-refractivity contribution in [3.63, 3.8) is 0 Å². The molecule has 1 aliphatic rings. The van der Waals surface area contributed by atoms with E-state index in [0.717, 1.165) is 32.8 Å². The van der Waals surface area contributed by atoms with Crippen molar-refractivity contribution in [1.29, 1.82) is 0 Å². The molecule has 0 saturated carbocycles. The van der Waals surface area contributed by atoms with Crippen LogP contribution in [0.5, 0.6) is 5.75 Å². The van der Waals surface area contributed by atoms with E-state index in [1.54, 1.807) is 0 Å². The van der Waals surface area contributed by atoms with Crippen molar-refractivity contribution < 1.29 is 14.4 Å². The Balaban J connectivity index is 1.83. The van der Waals surface area contributed by atoms with Crippen LogP contribution in [-0.4, -0.2) is 49.3 Å². The standard InChI is InChI=1S/C12H15ClN2O4/c13-11-9-10(15(16)17)1-2-12(11)19-8-5-14-3-6-18-7-4-14/h1-2,9H,3-8H2. The third-order valence-corrected chi connectivity index (χ3v) is 3.19. The van der Waals surface area contributed by atoms with Crippen LogP contribution in [0.25, 0.3) is 0 Å². The predicted molar refractivity (Wildman–Crippen MR) is 70.9 cm³/mol. The Morgan fingerprint density at radius 2 is 2.16 bits per heavy atom. The van der Waals surface area contributed by atoms with Crippen LogP contribution >= 0.6 is 11.6 Å². The zero-order chi connectivity index (χ0) is 13.7. The molecule has 0 unspecified atom stereocenters. The summed E-state index contributed by atoms with van der Waals surface area (Å²) in [5.74, 6) is 0.473. The van der Waals surface area contributed by atoms with Crippen LogP contribution in [0.2, 0.25) is 5.02 Å². The summed E-state index contributed by atoms with van der Waals surface area (Å²) in [5, 5.41) is 10.8. The fourth-order valence-electron chi connectivity index (χ4n) is 1.83. The number of nitro benzene ring substituents is 1. The molecule has 1 saturated heterocycles. The third-order valence-electron chi connectivity index (χ3n) is 2.90. The molecule has 0 spiro atoms. The molecule has 0 aliphatic carbocycles. The molecule has 1 aromatic rings. The highest BCUT2D eigenvalue weighted by molar-refractivity contribution is 6.32. The van der Waals surface area contributed by atoms with Gasteiger partial charge in [-0.3, -0.25) is 15.0 Å². The maximum atomic E-state index is 10.6. The minimum atomic E-state index is -0.483. The van der Waals surface area contributed by atoms with Gasteiger partial charge in [0, 0.05) is 31.8 Å². The van der Waals surface area contributed by atoms with Crippen LogP contribution in [0, 0.1) is 10.1 Å². The van der Waals surface area contributed by atoms with Gasteiger partial charge in [0.25, 0.3) is 5.69 Å². The molecule has 7 heteroatoms. The lowest BCUT2D eigenvalue weighted by Crippen LogP contribution is -2.38. The van der Waals surface area contributed by atoms with Gasteiger partial charge in [-0.2, -0.15) is 0 Å². The highest BCUT2D eigenvalue weighted by Crippen LogP contribution is 2.28. The van der Waals surface area contributed by atoms with E-state index < -0.39 is 4.92 Å². The summed E-state index contributed by atoms with van der Waals surface area (Å²) in [6.45, 7) is 4.58. The molecule has 6 nitrogen and oxygen atoms in total. The number of hydrogen-bond acceptors (Lipinski definition) is 5. The Kier molecular flexibility index (Phi) is 4.95. The van der Waals surface area contributed by atoms with Gasteiger partial charge in [-0.05, 0) is 6.07 Å². The van der Waals surface area contributed by atoms with E-state index >= 15 is 0 Å². The summed E-state index contributed by atoms with van der Waals surface area (Å²) in [5.41, 5.74) is -0.0365. The second-order valence-electron chi connectivity index (χ2n) is 4.17. The Morgan fingerprint density at radius 1 is 1.42 bits per heavy atom. The largest absolute Gasteiger partial charge is 0.491 e. The highest BCUT2D eigenvalue weighted by Gasteiger charge is 2.12. The van der Waals surface area contributed by atoms with Crippen LogP contribution in [0.15, 0.2) is 18.2 Å². The summed E-state index contributed by atoms with van der Waals surface area (Å²) in [7, 11) is 0. The molecule has 1 fully saturated rings. The van der Waals surface area contributed by atoms with Crippen molar-refractivity contribution in [1.82, 2.24) is 4.90 Å². The van der Waals surface area contributed by atoms with Crippen LogP contribution in [0.1, 0.15) is 0 Å². The lowest BCUT2D eigenvalue weighted by atomic mass is 10.3. The molecule has 19 heavy (non-hydrogen) atoms. The van der Waals surface area contributed by atoms with Gasteiger partial charge in [-0.25, -0.2) is 0 Å². The number of nitrogens with zero attached hydrogens (tertiary/aromatic N) is 2. The number of ether oxygens (including phenoxy) is 2. The molecule has 0 amide bonds. The molecule has 104 valence electrons. The fraction of sp³-hybridized carbons (Fsp3) is 0.500. The Bertz CT molecular complexity index is 449. The van der Waals surface area contributed by atoms with Crippen molar-refractivity contribution in [2.75, 3.05) is 39.5 Å². The molecular formula is C12H15ClN2O4. The number of benzene rings is 1. The first kappa shape index (κ1) is 14.0. The summed E-state index contributed by atoms with van der Waals surface area (Å²) in [4.78, 5) is 12.3. The normalized spacial score (nSPS) is 16.3. The summed E-state index contributed by atoms with van der Waals surface area (Å²) < 4.78 is 10.8. The van der Waals surface area contributed by atoms with Crippen LogP contribution < -0.4 is 4.74 Å². The molecule has 0 bridgehead atoms. The molecule has 0 radical (unpaired) electrons. The lowest BCUT2D eigenvalue weighted by molar-refractivity contribution is -0.384. The number of non-ortho nitro benzene ring substituents is 1. The molecule has 2 rings (SSSR count). The smallest absolute Gasteiger partial charge is 0.271 e. The zero-order valence-electron chi connectivity index (χ0n) is 10.4. The van der Waals surface area contributed by atoms with Crippen LogP contribution in [0.4, 0.5) is 5.69 Å². The molecule has 0 atom stereocenters. The van der Waals surface area contributed by atoms with Gasteiger partial charge in [0.1, 0.15) is 12.4 Å². The first-order valence-electron chi connectivity index (χ1n) is 6.03. The van der Waals surface area contributed by atoms with Crippen LogP contribution in [0.3, 0.4) is 0 Å². The van der Waals surface area contributed by atoms with Gasteiger partial charge < -0.3 is 9.47 Å². The first-order chi connectivity index (χ1) is 9.16. The summed E-state index contributed by atoms with van der Waals surface area (Å²) >= 11 is 5.93. The van der Waals surface area contributed by atoms with E-state index in [1.807, 2.05) is 0 Å². The SMILES string of the molecule is O=[N+]([O-])c1ccc(OCCN2CCOCC2)c(Cl)c1.